The third kappa shape index (κ3) is 5.11. The maximum absolute atomic E-state index is 12.6. The highest BCUT2D eigenvalue weighted by molar-refractivity contribution is 6.09. The highest BCUT2D eigenvalue weighted by Crippen LogP contribution is 2.29. The lowest BCUT2D eigenvalue weighted by atomic mass is 10.1. The molecule has 0 saturated carbocycles. The normalized spacial score (nSPS) is 11.4. The van der Waals surface area contributed by atoms with Crippen molar-refractivity contribution in [3.63, 3.8) is 0 Å². The predicted molar refractivity (Wildman–Crippen MR) is 107 cm³/mol. The van der Waals surface area contributed by atoms with Gasteiger partial charge in [-0.2, -0.15) is 13.2 Å². The number of rotatable bonds is 7. The highest BCUT2D eigenvalue weighted by atomic mass is 19.4. The predicted octanol–water partition coefficient (Wildman–Crippen LogP) is 3.91. The first-order valence-electron chi connectivity index (χ1n) is 9.44. The Labute approximate surface area is 175 Å². The van der Waals surface area contributed by atoms with Crippen molar-refractivity contribution in [3.8, 4) is 0 Å². The molecule has 1 aromatic heterocycles. The number of amides is 1. The number of carbonyl (C=O) groups is 3. The van der Waals surface area contributed by atoms with Gasteiger partial charge in [0, 0.05) is 28.2 Å². The van der Waals surface area contributed by atoms with E-state index >= 15 is 0 Å². The van der Waals surface area contributed by atoms with E-state index in [2.05, 4.69) is 10.3 Å². The first-order valence-corrected chi connectivity index (χ1v) is 9.44. The van der Waals surface area contributed by atoms with Crippen molar-refractivity contribution < 1.29 is 32.3 Å². The van der Waals surface area contributed by atoms with Crippen LogP contribution < -0.4 is 5.32 Å². The van der Waals surface area contributed by atoms with E-state index in [1.54, 1.807) is 12.3 Å². The molecular weight excluding hydrogens is 413 g/mol. The van der Waals surface area contributed by atoms with Gasteiger partial charge in [0.15, 0.2) is 6.61 Å². The molecule has 0 saturated heterocycles. The summed E-state index contributed by atoms with van der Waals surface area (Å²) >= 11 is 0. The average molecular weight is 432 g/mol. The van der Waals surface area contributed by atoms with E-state index in [4.69, 9.17) is 4.74 Å². The van der Waals surface area contributed by atoms with Gasteiger partial charge in [-0.3, -0.25) is 14.4 Å². The standard InChI is InChI=1S/C22H19F3N2O4/c1-2-13-4-3-5-16-17(10-26-20(13)16)18(28)12-31-19(29)11-27-21(30)14-6-8-15(9-7-14)22(23,24)25/h3-10,26H,2,11-12H2,1H3,(H,27,30). The molecule has 1 amide bonds. The van der Waals surface area contributed by atoms with Gasteiger partial charge in [0.05, 0.1) is 5.56 Å². The van der Waals surface area contributed by atoms with Crippen LogP contribution in [-0.2, 0) is 22.1 Å². The number of para-hydroxylation sites is 1. The van der Waals surface area contributed by atoms with E-state index in [0.717, 1.165) is 47.2 Å². The number of fused-ring (bicyclic) bond motifs is 1. The summed E-state index contributed by atoms with van der Waals surface area (Å²) in [7, 11) is 0. The number of hydrogen-bond donors (Lipinski definition) is 2. The van der Waals surface area contributed by atoms with E-state index in [1.807, 2.05) is 19.1 Å². The molecule has 0 aliphatic heterocycles. The summed E-state index contributed by atoms with van der Waals surface area (Å²) in [5, 5.41) is 2.98. The second-order valence-electron chi connectivity index (χ2n) is 6.74. The van der Waals surface area contributed by atoms with E-state index < -0.39 is 42.6 Å². The number of Topliss-reactive ketones (excluding diaryl/α,β-unsaturated/α-hetero) is 1. The number of carbonyl (C=O) groups excluding carboxylic acids is 3. The van der Waals surface area contributed by atoms with E-state index in [1.165, 1.54) is 0 Å². The molecule has 162 valence electrons. The Morgan fingerprint density at radius 1 is 1.06 bits per heavy atom. The fourth-order valence-electron chi connectivity index (χ4n) is 3.08. The van der Waals surface area contributed by atoms with Crippen molar-refractivity contribution in [3.05, 3.63) is 70.9 Å². The largest absolute Gasteiger partial charge is 0.456 e. The van der Waals surface area contributed by atoms with Crippen LogP contribution in [-0.4, -0.2) is 35.8 Å². The molecule has 2 aromatic carbocycles. The second-order valence-corrected chi connectivity index (χ2v) is 6.74. The van der Waals surface area contributed by atoms with Gasteiger partial charge >= 0.3 is 12.1 Å². The molecular formula is C22H19F3N2O4. The Hall–Kier alpha value is -3.62. The lowest BCUT2D eigenvalue weighted by molar-refractivity contribution is -0.141. The van der Waals surface area contributed by atoms with Crippen LogP contribution in [0.1, 0.15) is 38.8 Å². The summed E-state index contributed by atoms with van der Waals surface area (Å²) in [6.45, 7) is 0.969. The number of benzene rings is 2. The summed E-state index contributed by atoms with van der Waals surface area (Å²) in [5.74, 6) is -1.98. The van der Waals surface area contributed by atoms with Gasteiger partial charge in [-0.05, 0) is 36.2 Å². The number of H-pyrrole nitrogens is 1. The maximum Gasteiger partial charge on any atom is 0.416 e. The van der Waals surface area contributed by atoms with Gasteiger partial charge in [-0.15, -0.1) is 0 Å². The summed E-state index contributed by atoms with van der Waals surface area (Å²) in [6, 6.07) is 9.16. The Balaban J connectivity index is 1.52. The molecule has 31 heavy (non-hydrogen) atoms. The van der Waals surface area contributed by atoms with Crippen LogP contribution in [0.5, 0.6) is 0 Å². The molecule has 0 unspecified atom stereocenters. The van der Waals surface area contributed by atoms with E-state index in [9.17, 15) is 27.6 Å². The Morgan fingerprint density at radius 2 is 1.77 bits per heavy atom. The van der Waals surface area contributed by atoms with Crippen LogP contribution in [0.4, 0.5) is 13.2 Å². The molecule has 0 radical (unpaired) electrons. The average Bonchev–Trinajstić information content (AvgIpc) is 3.19. The Bertz CT molecular complexity index is 1120. The highest BCUT2D eigenvalue weighted by Gasteiger charge is 2.30. The first kappa shape index (κ1) is 22.1. The van der Waals surface area contributed by atoms with Crippen molar-refractivity contribution in [1.82, 2.24) is 10.3 Å². The van der Waals surface area contributed by atoms with Crippen LogP contribution in [0.25, 0.3) is 10.9 Å². The summed E-state index contributed by atoms with van der Waals surface area (Å²) < 4.78 is 42.6. The monoisotopic (exact) mass is 432 g/mol. The van der Waals surface area contributed by atoms with Crippen LogP contribution in [0.15, 0.2) is 48.7 Å². The molecule has 0 aliphatic carbocycles. The third-order valence-corrected chi connectivity index (χ3v) is 4.72. The summed E-state index contributed by atoms with van der Waals surface area (Å²) in [4.78, 5) is 39.3. The number of halogens is 3. The molecule has 9 heteroatoms. The van der Waals surface area contributed by atoms with Gasteiger partial charge in [-0.1, -0.05) is 25.1 Å². The van der Waals surface area contributed by atoms with Gasteiger partial charge in [0.25, 0.3) is 5.91 Å². The minimum atomic E-state index is -4.51. The number of aromatic nitrogens is 1. The van der Waals surface area contributed by atoms with Crippen LogP contribution >= 0.6 is 0 Å². The quantitative estimate of drug-likeness (QED) is 0.438. The lowest BCUT2D eigenvalue weighted by Crippen LogP contribution is -2.31. The lowest BCUT2D eigenvalue weighted by Gasteiger charge is -2.08. The zero-order valence-corrected chi connectivity index (χ0v) is 16.5. The minimum Gasteiger partial charge on any atom is -0.456 e. The molecule has 0 spiro atoms. The Kier molecular flexibility index (Phi) is 6.43. The van der Waals surface area contributed by atoms with Gasteiger partial charge in [0.1, 0.15) is 6.54 Å². The zero-order chi connectivity index (χ0) is 22.6. The summed E-state index contributed by atoms with van der Waals surface area (Å²) in [6.07, 6.45) is -2.15. The maximum atomic E-state index is 12.6. The first-order chi connectivity index (χ1) is 14.7. The molecule has 0 fully saturated rings. The van der Waals surface area contributed by atoms with Gasteiger partial charge < -0.3 is 15.0 Å². The topological polar surface area (TPSA) is 88.3 Å². The number of ketones is 1. The fourth-order valence-corrected chi connectivity index (χ4v) is 3.08. The van der Waals surface area contributed by atoms with E-state index in [0.29, 0.717) is 5.56 Å². The van der Waals surface area contributed by atoms with E-state index in [-0.39, 0.29) is 5.56 Å². The summed E-state index contributed by atoms with van der Waals surface area (Å²) in [5.41, 5.74) is 1.38. The van der Waals surface area contributed by atoms with Crippen LogP contribution in [0, 0.1) is 0 Å². The fraction of sp³-hybridized carbons (Fsp3) is 0.227. The minimum absolute atomic E-state index is 0.0394. The molecule has 0 bridgehead atoms. The molecule has 0 atom stereocenters. The SMILES string of the molecule is CCc1cccc2c(C(=O)COC(=O)CNC(=O)c3ccc(C(F)(F)F)cc3)c[nH]c12. The van der Waals surface area contributed by atoms with Crippen molar-refractivity contribution in [2.75, 3.05) is 13.2 Å². The number of nitrogens with one attached hydrogen (secondary N) is 2. The van der Waals surface area contributed by atoms with Crippen molar-refractivity contribution in [2.24, 2.45) is 0 Å². The number of aryl methyl sites for hydroxylation is 1. The molecule has 0 aliphatic rings. The smallest absolute Gasteiger partial charge is 0.416 e. The van der Waals surface area contributed by atoms with Crippen molar-refractivity contribution >= 4 is 28.6 Å². The second kappa shape index (κ2) is 9.03. The van der Waals surface area contributed by atoms with Crippen molar-refractivity contribution in [2.45, 2.75) is 19.5 Å². The molecule has 3 aromatic rings. The zero-order valence-electron chi connectivity index (χ0n) is 16.5. The number of ether oxygens (including phenoxy) is 1. The van der Waals surface area contributed by atoms with Crippen LogP contribution in [0.3, 0.4) is 0 Å². The number of aromatic amines is 1. The van der Waals surface area contributed by atoms with Gasteiger partial charge in [-0.25, -0.2) is 0 Å². The van der Waals surface area contributed by atoms with Crippen molar-refractivity contribution in [1.29, 1.82) is 0 Å². The Morgan fingerprint density at radius 3 is 2.42 bits per heavy atom. The molecule has 3 rings (SSSR count). The molecule has 6 nitrogen and oxygen atoms in total. The molecule has 2 N–H and O–H groups in total. The number of esters is 1. The third-order valence-electron chi connectivity index (χ3n) is 4.72. The van der Waals surface area contributed by atoms with Crippen LogP contribution in [0.2, 0.25) is 0 Å². The number of hydrogen-bond acceptors (Lipinski definition) is 4. The number of alkyl halides is 3. The molecule has 1 heterocycles. The van der Waals surface area contributed by atoms with Gasteiger partial charge in [0.2, 0.25) is 5.78 Å².